The number of methoxy groups -OCH3 is 1. The fourth-order valence-corrected chi connectivity index (χ4v) is 4.07. The Balaban J connectivity index is 2.12. The zero-order chi connectivity index (χ0) is 28.4. The minimum Gasteiger partial charge on any atom is -0.467 e. The van der Waals surface area contributed by atoms with Crippen LogP contribution in [0.25, 0.3) is 0 Å². The fraction of sp³-hybridized carbons (Fsp3) is 0.207. The van der Waals surface area contributed by atoms with Crippen molar-refractivity contribution in [3.63, 3.8) is 0 Å². The highest BCUT2D eigenvalue weighted by molar-refractivity contribution is 6.30. The highest BCUT2D eigenvalue weighted by Crippen LogP contribution is 2.36. The number of rotatable bonds is 12. The third kappa shape index (κ3) is 7.38. The highest BCUT2D eigenvalue weighted by Gasteiger charge is 2.54. The maximum absolute atomic E-state index is 13.6. The Morgan fingerprint density at radius 1 is 0.923 bits per heavy atom. The molecule has 0 saturated carbocycles. The second-order valence-electron chi connectivity index (χ2n) is 8.25. The van der Waals surface area contributed by atoms with E-state index < -0.39 is 23.6 Å². The maximum Gasteiger partial charge on any atom is 0.345 e. The van der Waals surface area contributed by atoms with Gasteiger partial charge in [-0.3, -0.25) is 4.79 Å². The van der Waals surface area contributed by atoms with Gasteiger partial charge in [0.25, 0.3) is 0 Å². The normalized spacial score (nSPS) is 12.9. The first-order valence-electron chi connectivity index (χ1n) is 11.9. The number of esters is 2. The molecule has 0 radical (unpaired) electrons. The van der Waals surface area contributed by atoms with Crippen molar-refractivity contribution in [3.8, 4) is 0 Å². The molecule has 1 amide bonds. The molecular formula is C29H28Cl2N2O6. The van der Waals surface area contributed by atoms with E-state index in [1.165, 1.54) is 7.11 Å². The minimum atomic E-state index is -2.00. The van der Waals surface area contributed by atoms with E-state index in [1.807, 2.05) is 0 Å². The predicted molar refractivity (Wildman–Crippen MR) is 151 cm³/mol. The van der Waals surface area contributed by atoms with Crippen LogP contribution in [0.2, 0.25) is 10.0 Å². The number of halogens is 2. The number of hydrogen-bond donors (Lipinski definition) is 2. The van der Waals surface area contributed by atoms with Crippen molar-refractivity contribution in [2.75, 3.05) is 24.4 Å². The van der Waals surface area contributed by atoms with Gasteiger partial charge in [0.2, 0.25) is 11.5 Å². The number of carbonyl (C=O) groups is 3. The predicted octanol–water partition coefficient (Wildman–Crippen LogP) is 5.75. The molecule has 2 atom stereocenters. The summed E-state index contributed by atoms with van der Waals surface area (Å²) in [5, 5.41) is 6.70. The van der Waals surface area contributed by atoms with Gasteiger partial charge in [-0.05, 0) is 72.7 Å². The van der Waals surface area contributed by atoms with Gasteiger partial charge in [-0.25, -0.2) is 9.59 Å². The molecule has 10 heteroatoms. The van der Waals surface area contributed by atoms with Crippen LogP contribution in [0.3, 0.4) is 0 Å². The van der Waals surface area contributed by atoms with Crippen molar-refractivity contribution in [2.24, 2.45) is 0 Å². The van der Waals surface area contributed by atoms with Gasteiger partial charge >= 0.3 is 11.9 Å². The monoisotopic (exact) mass is 570 g/mol. The van der Waals surface area contributed by atoms with Gasteiger partial charge in [0, 0.05) is 21.4 Å². The molecule has 204 valence electrons. The number of ether oxygens (including phenoxy) is 3. The molecule has 3 rings (SSSR count). The molecule has 0 spiro atoms. The Hall–Kier alpha value is -3.85. The Morgan fingerprint density at radius 3 is 2.03 bits per heavy atom. The van der Waals surface area contributed by atoms with Crippen LogP contribution in [0.5, 0.6) is 0 Å². The number of anilines is 2. The third-order valence-electron chi connectivity index (χ3n) is 5.72. The van der Waals surface area contributed by atoms with Crippen molar-refractivity contribution in [3.05, 3.63) is 107 Å². The second-order valence-corrected chi connectivity index (χ2v) is 9.12. The maximum atomic E-state index is 13.6. The second kappa shape index (κ2) is 13.8. The molecule has 3 aromatic carbocycles. The number of carbonyl (C=O) groups excluding carboxylic acids is 3. The van der Waals surface area contributed by atoms with Crippen molar-refractivity contribution in [1.29, 1.82) is 0 Å². The van der Waals surface area contributed by atoms with Crippen LogP contribution in [0.4, 0.5) is 11.4 Å². The Kier molecular flexibility index (Phi) is 10.5. The van der Waals surface area contributed by atoms with E-state index in [4.69, 9.17) is 37.4 Å². The summed E-state index contributed by atoms with van der Waals surface area (Å²) in [6.07, 6.45) is 1.15. The van der Waals surface area contributed by atoms with Crippen molar-refractivity contribution in [2.45, 2.75) is 25.2 Å². The van der Waals surface area contributed by atoms with Crippen LogP contribution in [0, 0.1) is 0 Å². The molecule has 0 heterocycles. The number of amides is 1. The number of nitrogens with one attached hydrogen (secondary N) is 2. The Morgan fingerprint density at radius 2 is 1.49 bits per heavy atom. The molecule has 2 N–H and O–H groups in total. The number of hydrogen-bond acceptors (Lipinski definition) is 7. The van der Waals surface area contributed by atoms with Gasteiger partial charge in [-0.1, -0.05) is 54.0 Å². The lowest BCUT2D eigenvalue weighted by atomic mass is 9.85. The zero-order valence-electron chi connectivity index (χ0n) is 21.4. The van der Waals surface area contributed by atoms with Crippen molar-refractivity contribution in [1.82, 2.24) is 0 Å². The molecule has 0 saturated heterocycles. The van der Waals surface area contributed by atoms with E-state index in [0.717, 1.165) is 6.08 Å². The van der Waals surface area contributed by atoms with Gasteiger partial charge < -0.3 is 24.8 Å². The first-order valence-corrected chi connectivity index (χ1v) is 12.7. The Labute approximate surface area is 236 Å². The van der Waals surface area contributed by atoms with Crippen LogP contribution in [0.15, 0.2) is 85.5 Å². The summed E-state index contributed by atoms with van der Waals surface area (Å²) in [4.78, 5) is 38.8. The van der Waals surface area contributed by atoms with E-state index >= 15 is 0 Å². The molecule has 0 aliphatic heterocycles. The lowest BCUT2D eigenvalue weighted by Crippen LogP contribution is -2.57. The first kappa shape index (κ1) is 29.7. The van der Waals surface area contributed by atoms with E-state index in [9.17, 15) is 14.4 Å². The highest BCUT2D eigenvalue weighted by atomic mass is 35.5. The third-order valence-corrected chi connectivity index (χ3v) is 6.22. The molecule has 0 aliphatic rings. The van der Waals surface area contributed by atoms with Crippen LogP contribution in [-0.2, 0) is 40.8 Å². The average Bonchev–Trinajstić information content (AvgIpc) is 2.94. The van der Waals surface area contributed by atoms with Crippen molar-refractivity contribution < 1.29 is 28.6 Å². The topological polar surface area (TPSA) is 103 Å². The van der Waals surface area contributed by atoms with Crippen LogP contribution in [0.1, 0.15) is 18.1 Å². The minimum absolute atomic E-state index is 0.0542. The fourth-order valence-electron chi connectivity index (χ4n) is 3.82. The standard InChI is InChI=1S/C29H28Cl2N2O6/c1-4-25(34)32-23-14-16-24(17-15-23)33-26(27(35)38-5-2)29(28(36)37-3,20-8-12-22(31)13-9-20)39-18-19-6-10-21(30)11-7-19/h4,6-17,26,33H,1,5,18H2,2-3H3,(H,32,34). The van der Waals surface area contributed by atoms with Crippen LogP contribution in [-0.4, -0.2) is 37.6 Å². The molecule has 0 aliphatic carbocycles. The first-order chi connectivity index (χ1) is 18.7. The molecule has 0 aromatic heterocycles. The van der Waals surface area contributed by atoms with Gasteiger partial charge in [0.15, 0.2) is 6.04 Å². The lowest BCUT2D eigenvalue weighted by molar-refractivity contribution is -0.183. The van der Waals surface area contributed by atoms with E-state index in [2.05, 4.69) is 17.2 Å². The van der Waals surface area contributed by atoms with Gasteiger partial charge in [-0.15, -0.1) is 0 Å². The summed E-state index contributed by atoms with van der Waals surface area (Å²) < 4.78 is 16.9. The summed E-state index contributed by atoms with van der Waals surface area (Å²) in [5.41, 5.74) is -0.0308. The van der Waals surface area contributed by atoms with Crippen LogP contribution >= 0.6 is 23.2 Å². The molecular weight excluding hydrogens is 543 g/mol. The molecule has 2 unspecified atom stereocenters. The summed E-state index contributed by atoms with van der Waals surface area (Å²) in [6.45, 7) is 5.07. The van der Waals surface area contributed by atoms with Gasteiger partial charge in [-0.2, -0.15) is 0 Å². The molecule has 39 heavy (non-hydrogen) atoms. The van der Waals surface area contributed by atoms with Gasteiger partial charge in [0.05, 0.1) is 20.3 Å². The van der Waals surface area contributed by atoms with E-state index in [1.54, 1.807) is 79.7 Å². The number of benzene rings is 3. The van der Waals surface area contributed by atoms with E-state index in [0.29, 0.717) is 32.5 Å². The zero-order valence-corrected chi connectivity index (χ0v) is 22.9. The summed E-state index contributed by atoms with van der Waals surface area (Å²) >= 11 is 12.2. The quantitative estimate of drug-likeness (QED) is 0.211. The lowest BCUT2D eigenvalue weighted by Gasteiger charge is -2.38. The van der Waals surface area contributed by atoms with Crippen LogP contribution < -0.4 is 10.6 Å². The summed E-state index contributed by atoms with van der Waals surface area (Å²) in [6, 6.07) is 18.3. The molecule has 0 bridgehead atoms. The Bertz CT molecular complexity index is 1300. The SMILES string of the molecule is C=CC(=O)Nc1ccc(NC(C(=O)OCC)C(OCc2ccc(Cl)cc2)(C(=O)OC)c2ccc(Cl)cc2)cc1. The molecule has 0 fully saturated rings. The van der Waals surface area contributed by atoms with Gasteiger partial charge in [0.1, 0.15) is 0 Å². The van der Waals surface area contributed by atoms with Crippen molar-refractivity contribution >= 4 is 52.4 Å². The summed E-state index contributed by atoms with van der Waals surface area (Å²) in [5.74, 6) is -1.96. The average molecular weight is 571 g/mol. The largest absolute Gasteiger partial charge is 0.467 e. The van der Waals surface area contributed by atoms with E-state index in [-0.39, 0.29) is 19.1 Å². The molecule has 3 aromatic rings. The smallest absolute Gasteiger partial charge is 0.345 e. The summed E-state index contributed by atoms with van der Waals surface area (Å²) in [7, 11) is 1.21. The molecule has 8 nitrogen and oxygen atoms in total.